The van der Waals surface area contributed by atoms with Crippen molar-refractivity contribution in [3.8, 4) is 17.1 Å². The molecule has 7 nitrogen and oxygen atoms in total. The Morgan fingerprint density at radius 1 is 1.36 bits per heavy atom. The van der Waals surface area contributed by atoms with E-state index in [1.807, 2.05) is 24.3 Å². The lowest BCUT2D eigenvalue weighted by molar-refractivity contribution is 0.192. The largest absolute Gasteiger partial charge is 0.497 e. The number of nitrogens with one attached hydrogen (secondary N) is 1. The van der Waals surface area contributed by atoms with Crippen LogP contribution >= 0.6 is 0 Å². The smallest absolute Gasteiger partial charge is 0.317 e. The van der Waals surface area contributed by atoms with Gasteiger partial charge in [-0.05, 0) is 25.0 Å². The van der Waals surface area contributed by atoms with Gasteiger partial charge in [0.1, 0.15) is 12.3 Å². The fourth-order valence-corrected chi connectivity index (χ4v) is 3.00. The molecule has 0 radical (unpaired) electrons. The number of ether oxygens (including phenoxy) is 1. The first kappa shape index (κ1) is 17.3. The molecule has 25 heavy (non-hydrogen) atoms. The molecule has 0 atom stereocenters. The van der Waals surface area contributed by atoms with Crippen molar-refractivity contribution in [3.63, 3.8) is 0 Å². The third-order valence-electron chi connectivity index (χ3n) is 4.45. The number of amides is 2. The molecule has 0 aliphatic heterocycles. The quantitative estimate of drug-likeness (QED) is 0.901. The highest BCUT2D eigenvalue weighted by atomic mass is 16.5. The zero-order chi connectivity index (χ0) is 17.6. The molecule has 134 valence electrons. The van der Waals surface area contributed by atoms with Crippen molar-refractivity contribution in [1.82, 2.24) is 20.4 Å². The van der Waals surface area contributed by atoms with Crippen LogP contribution in [0.4, 0.5) is 4.79 Å². The average Bonchev–Trinajstić information content (AvgIpc) is 3.11. The molecular weight excluding hydrogens is 320 g/mol. The van der Waals surface area contributed by atoms with E-state index in [-0.39, 0.29) is 18.6 Å². The zero-order valence-corrected chi connectivity index (χ0v) is 14.7. The molecule has 1 heterocycles. The summed E-state index contributed by atoms with van der Waals surface area (Å²) in [6.07, 6.45) is 5.74. The lowest BCUT2D eigenvalue weighted by atomic mass is 9.96. The van der Waals surface area contributed by atoms with E-state index in [9.17, 15) is 4.79 Å². The molecule has 0 bridgehead atoms. The maximum atomic E-state index is 12.3. The average molecular weight is 344 g/mol. The molecule has 1 aliphatic carbocycles. The van der Waals surface area contributed by atoms with Crippen LogP contribution in [0, 0.1) is 0 Å². The van der Waals surface area contributed by atoms with Gasteiger partial charge in [0.15, 0.2) is 0 Å². The van der Waals surface area contributed by atoms with Crippen LogP contribution in [-0.4, -0.2) is 41.3 Å². The van der Waals surface area contributed by atoms with Crippen molar-refractivity contribution in [3.05, 3.63) is 30.2 Å². The van der Waals surface area contributed by atoms with Crippen molar-refractivity contribution in [2.75, 3.05) is 14.2 Å². The number of nitrogens with zero attached hydrogens (tertiary/aromatic N) is 3. The molecule has 1 N–H and O–H groups in total. The van der Waals surface area contributed by atoms with Crippen molar-refractivity contribution < 1.29 is 14.1 Å². The Bertz CT molecular complexity index is 710. The van der Waals surface area contributed by atoms with Crippen LogP contribution in [0.25, 0.3) is 11.4 Å². The van der Waals surface area contributed by atoms with Crippen LogP contribution in [0.15, 0.2) is 28.8 Å². The normalized spacial score (nSPS) is 15.0. The van der Waals surface area contributed by atoms with E-state index >= 15 is 0 Å². The van der Waals surface area contributed by atoms with Gasteiger partial charge in [0.05, 0.1) is 7.11 Å². The second-order valence-electron chi connectivity index (χ2n) is 6.38. The highest BCUT2D eigenvalue weighted by Crippen LogP contribution is 2.21. The molecule has 3 rings (SSSR count). The Morgan fingerprint density at radius 2 is 2.16 bits per heavy atom. The molecule has 0 spiro atoms. The molecule has 1 saturated carbocycles. The van der Waals surface area contributed by atoms with Gasteiger partial charge in [-0.25, -0.2) is 4.79 Å². The third-order valence-corrected chi connectivity index (χ3v) is 4.45. The van der Waals surface area contributed by atoms with Crippen molar-refractivity contribution in [2.24, 2.45) is 0 Å². The van der Waals surface area contributed by atoms with Crippen LogP contribution < -0.4 is 10.1 Å². The number of aromatic nitrogens is 2. The second-order valence-corrected chi connectivity index (χ2v) is 6.38. The minimum atomic E-state index is -0.104. The van der Waals surface area contributed by atoms with E-state index in [1.54, 1.807) is 19.1 Å². The van der Waals surface area contributed by atoms with Gasteiger partial charge in [-0.15, -0.1) is 0 Å². The summed E-state index contributed by atoms with van der Waals surface area (Å²) in [5.74, 6) is 1.61. The lowest BCUT2D eigenvalue weighted by Gasteiger charge is -2.25. The first-order valence-electron chi connectivity index (χ1n) is 8.64. The minimum Gasteiger partial charge on any atom is -0.497 e. The Morgan fingerprint density at radius 3 is 2.92 bits per heavy atom. The van der Waals surface area contributed by atoms with E-state index in [0.717, 1.165) is 24.2 Å². The number of urea groups is 1. The molecular formula is C18H24N4O3. The summed E-state index contributed by atoms with van der Waals surface area (Å²) in [4.78, 5) is 18.2. The van der Waals surface area contributed by atoms with Gasteiger partial charge in [0.2, 0.25) is 11.7 Å². The maximum Gasteiger partial charge on any atom is 0.317 e. The molecule has 1 aromatic heterocycles. The fourth-order valence-electron chi connectivity index (χ4n) is 3.00. The molecule has 1 aromatic carbocycles. The second kappa shape index (κ2) is 8.00. The highest BCUT2D eigenvalue weighted by Gasteiger charge is 2.19. The van der Waals surface area contributed by atoms with Gasteiger partial charge >= 0.3 is 6.03 Å². The maximum absolute atomic E-state index is 12.3. The van der Waals surface area contributed by atoms with Crippen LogP contribution in [0.3, 0.4) is 0 Å². The van der Waals surface area contributed by atoms with Gasteiger partial charge in [0.25, 0.3) is 0 Å². The van der Waals surface area contributed by atoms with E-state index in [4.69, 9.17) is 9.26 Å². The summed E-state index contributed by atoms with van der Waals surface area (Å²) in [5, 5.41) is 7.06. The number of hydrogen-bond donors (Lipinski definition) is 1. The summed E-state index contributed by atoms with van der Waals surface area (Å²) in [5.41, 5.74) is 0.809. The summed E-state index contributed by atoms with van der Waals surface area (Å²) < 4.78 is 10.5. The van der Waals surface area contributed by atoms with E-state index in [0.29, 0.717) is 11.7 Å². The fraction of sp³-hybridized carbons (Fsp3) is 0.500. The molecule has 7 heteroatoms. The molecule has 2 aromatic rings. The Labute approximate surface area is 147 Å². The number of hydrogen-bond acceptors (Lipinski definition) is 5. The SMILES string of the molecule is COc1cccc(-c2noc(CN(C)C(=O)NC3CCCCC3)n2)c1. The standard InChI is InChI=1S/C18H24N4O3/c1-22(18(23)19-14-8-4-3-5-9-14)12-16-20-17(21-25-16)13-7-6-10-15(11-13)24-2/h6-7,10-11,14H,3-5,8-9,12H2,1-2H3,(H,19,23). The zero-order valence-electron chi connectivity index (χ0n) is 14.7. The molecule has 2 amide bonds. The predicted octanol–water partition coefficient (Wildman–Crippen LogP) is 3.22. The van der Waals surface area contributed by atoms with Gasteiger partial charge in [-0.3, -0.25) is 0 Å². The Balaban J connectivity index is 1.59. The monoisotopic (exact) mass is 344 g/mol. The Hall–Kier alpha value is -2.57. The number of rotatable bonds is 5. The van der Waals surface area contributed by atoms with Crippen molar-refractivity contribution in [1.29, 1.82) is 0 Å². The number of methoxy groups -OCH3 is 1. The predicted molar refractivity (Wildman–Crippen MR) is 93.2 cm³/mol. The molecule has 0 saturated heterocycles. The summed E-state index contributed by atoms with van der Waals surface area (Å²) in [7, 11) is 3.34. The van der Waals surface area contributed by atoms with Gasteiger partial charge in [0, 0.05) is 18.7 Å². The van der Waals surface area contributed by atoms with Gasteiger partial charge in [-0.2, -0.15) is 4.98 Å². The van der Waals surface area contributed by atoms with Gasteiger partial charge in [-0.1, -0.05) is 36.6 Å². The highest BCUT2D eigenvalue weighted by molar-refractivity contribution is 5.74. The molecule has 0 unspecified atom stereocenters. The van der Waals surface area contributed by atoms with Crippen LogP contribution in [0.1, 0.15) is 38.0 Å². The van der Waals surface area contributed by atoms with Gasteiger partial charge < -0.3 is 19.5 Å². The third kappa shape index (κ3) is 4.49. The van der Waals surface area contributed by atoms with Crippen molar-refractivity contribution in [2.45, 2.75) is 44.7 Å². The van der Waals surface area contributed by atoms with E-state index < -0.39 is 0 Å². The van der Waals surface area contributed by atoms with Crippen LogP contribution in [0.2, 0.25) is 0 Å². The number of carbonyl (C=O) groups excluding carboxylic acids is 1. The van der Waals surface area contributed by atoms with E-state index in [1.165, 1.54) is 19.3 Å². The first-order valence-corrected chi connectivity index (χ1v) is 8.64. The lowest BCUT2D eigenvalue weighted by Crippen LogP contribution is -2.43. The van der Waals surface area contributed by atoms with Crippen LogP contribution in [0.5, 0.6) is 5.75 Å². The summed E-state index contributed by atoms with van der Waals surface area (Å²) in [6, 6.07) is 7.62. The van der Waals surface area contributed by atoms with Crippen molar-refractivity contribution >= 4 is 6.03 Å². The molecule has 1 aliphatic rings. The summed E-state index contributed by atoms with van der Waals surface area (Å²) >= 11 is 0. The first-order chi connectivity index (χ1) is 12.2. The van der Waals surface area contributed by atoms with Crippen LogP contribution in [-0.2, 0) is 6.54 Å². The number of carbonyl (C=O) groups is 1. The summed E-state index contributed by atoms with van der Waals surface area (Å²) in [6.45, 7) is 0.273. The number of benzene rings is 1. The molecule has 1 fully saturated rings. The topological polar surface area (TPSA) is 80.5 Å². The Kier molecular flexibility index (Phi) is 5.53. The minimum absolute atomic E-state index is 0.104. The van der Waals surface area contributed by atoms with E-state index in [2.05, 4.69) is 15.5 Å².